The molecule has 0 bridgehead atoms. The molecule has 0 saturated carbocycles. The van der Waals surface area contributed by atoms with Crippen molar-refractivity contribution in [3.8, 4) is 0 Å². The summed E-state index contributed by atoms with van der Waals surface area (Å²) in [5.74, 6) is 0.906. The average molecular weight is 460 g/mol. The van der Waals surface area contributed by atoms with Crippen LogP contribution in [0.4, 0.5) is 0 Å². The number of guanidine groups is 1. The summed E-state index contributed by atoms with van der Waals surface area (Å²) < 4.78 is 25.9. The average Bonchev–Trinajstić information content (AvgIpc) is 2.79. The maximum absolute atomic E-state index is 12.2. The lowest BCUT2D eigenvalue weighted by molar-refractivity contribution is 0.370. The van der Waals surface area contributed by atoms with E-state index in [1.54, 1.807) is 0 Å². The molecule has 23 heavy (non-hydrogen) atoms. The number of rotatable bonds is 7. The first-order chi connectivity index (χ1) is 10.3. The van der Waals surface area contributed by atoms with Crippen LogP contribution in [-0.2, 0) is 10.0 Å². The molecule has 0 aliphatic carbocycles. The molecule has 0 amide bonds. The molecule has 1 heterocycles. The highest BCUT2D eigenvalue weighted by Gasteiger charge is 2.31. The minimum absolute atomic E-state index is 0. The van der Waals surface area contributed by atoms with Crippen LogP contribution in [-0.4, -0.2) is 68.6 Å². The maximum atomic E-state index is 12.2. The van der Waals surface area contributed by atoms with Gasteiger partial charge in [-0.25, -0.2) is 12.7 Å². The molecule has 0 aromatic carbocycles. The lowest BCUT2D eigenvalue weighted by atomic mass is 9.93. The fraction of sp³-hybridized carbons (Fsp3) is 0.933. The molecule has 0 aromatic rings. The molecule has 1 aliphatic heterocycles. The first kappa shape index (κ1) is 22.9. The predicted molar refractivity (Wildman–Crippen MR) is 108 cm³/mol. The third-order valence-corrected chi connectivity index (χ3v) is 6.02. The summed E-state index contributed by atoms with van der Waals surface area (Å²) in [7, 11) is -3.20. The molecule has 0 aromatic heterocycles. The fourth-order valence-electron chi connectivity index (χ4n) is 2.73. The second-order valence-electron chi connectivity index (χ2n) is 6.47. The van der Waals surface area contributed by atoms with E-state index in [1.807, 2.05) is 20.8 Å². The van der Waals surface area contributed by atoms with Gasteiger partial charge in [0.2, 0.25) is 10.0 Å². The Morgan fingerprint density at radius 3 is 2.30 bits per heavy atom. The largest absolute Gasteiger partial charge is 0.357 e. The van der Waals surface area contributed by atoms with Gasteiger partial charge in [-0.2, -0.15) is 0 Å². The topological polar surface area (TPSA) is 65.0 Å². The van der Waals surface area contributed by atoms with Crippen molar-refractivity contribution in [3.63, 3.8) is 0 Å². The van der Waals surface area contributed by atoms with Crippen molar-refractivity contribution in [2.24, 2.45) is 10.4 Å². The van der Waals surface area contributed by atoms with E-state index in [-0.39, 0.29) is 29.7 Å². The number of halogens is 1. The zero-order valence-corrected chi connectivity index (χ0v) is 18.3. The Labute approximate surface area is 159 Å². The molecule has 0 atom stereocenters. The molecular weight excluding hydrogens is 427 g/mol. The van der Waals surface area contributed by atoms with E-state index in [2.05, 4.69) is 29.1 Å². The van der Waals surface area contributed by atoms with Gasteiger partial charge in [0.1, 0.15) is 0 Å². The molecular formula is C15H33IN4O2S. The predicted octanol–water partition coefficient (Wildman–Crippen LogP) is 1.97. The van der Waals surface area contributed by atoms with E-state index >= 15 is 0 Å². The lowest BCUT2D eigenvalue weighted by Gasteiger charge is -2.24. The van der Waals surface area contributed by atoms with Gasteiger partial charge in [0.15, 0.2) is 5.96 Å². The van der Waals surface area contributed by atoms with Crippen LogP contribution in [0.15, 0.2) is 4.99 Å². The SMILES string of the molecule is CCNC(=NCCS(=O)(=O)N(CC)CC)N1CCC(C)(C)C1.I. The molecule has 1 saturated heterocycles. The quantitative estimate of drug-likeness (QED) is 0.359. The first-order valence-electron chi connectivity index (χ1n) is 8.26. The van der Waals surface area contributed by atoms with Gasteiger partial charge in [0.25, 0.3) is 0 Å². The third-order valence-electron chi connectivity index (χ3n) is 4.02. The number of aliphatic imine (C=N–C) groups is 1. The summed E-state index contributed by atoms with van der Waals surface area (Å²) in [4.78, 5) is 6.75. The maximum Gasteiger partial charge on any atom is 0.215 e. The highest BCUT2D eigenvalue weighted by atomic mass is 127. The van der Waals surface area contributed by atoms with Gasteiger partial charge in [0, 0.05) is 32.7 Å². The van der Waals surface area contributed by atoms with E-state index < -0.39 is 10.0 Å². The third kappa shape index (κ3) is 7.13. The van der Waals surface area contributed by atoms with Gasteiger partial charge in [0.05, 0.1) is 12.3 Å². The number of nitrogens with zero attached hydrogens (tertiary/aromatic N) is 3. The Kier molecular flexibility index (Phi) is 9.99. The van der Waals surface area contributed by atoms with Crippen LogP contribution >= 0.6 is 24.0 Å². The van der Waals surface area contributed by atoms with Crippen LogP contribution in [0, 0.1) is 5.41 Å². The normalized spacial score (nSPS) is 18.2. The van der Waals surface area contributed by atoms with Crippen molar-refractivity contribution in [1.29, 1.82) is 0 Å². The van der Waals surface area contributed by atoms with Crippen LogP contribution in [0.3, 0.4) is 0 Å². The Hall–Kier alpha value is -0.0900. The Bertz CT molecular complexity index is 476. The molecule has 1 aliphatic rings. The molecule has 6 nitrogen and oxygen atoms in total. The van der Waals surface area contributed by atoms with E-state index in [0.717, 1.165) is 32.0 Å². The summed E-state index contributed by atoms with van der Waals surface area (Å²) in [6.07, 6.45) is 1.13. The number of nitrogens with one attached hydrogen (secondary N) is 1. The van der Waals surface area contributed by atoms with E-state index in [1.165, 1.54) is 4.31 Å². The zero-order chi connectivity index (χ0) is 16.8. The van der Waals surface area contributed by atoms with Crippen molar-refractivity contribution in [2.75, 3.05) is 45.0 Å². The van der Waals surface area contributed by atoms with Gasteiger partial charge in [-0.3, -0.25) is 4.99 Å². The van der Waals surface area contributed by atoms with Crippen LogP contribution in [0.1, 0.15) is 41.0 Å². The van der Waals surface area contributed by atoms with Gasteiger partial charge >= 0.3 is 0 Å². The molecule has 138 valence electrons. The number of likely N-dealkylation sites (tertiary alicyclic amines) is 1. The molecule has 1 N–H and O–H groups in total. The number of hydrogen-bond acceptors (Lipinski definition) is 3. The van der Waals surface area contributed by atoms with Crippen molar-refractivity contribution in [1.82, 2.24) is 14.5 Å². The Morgan fingerprint density at radius 1 is 1.26 bits per heavy atom. The van der Waals surface area contributed by atoms with Gasteiger partial charge < -0.3 is 10.2 Å². The van der Waals surface area contributed by atoms with E-state index in [0.29, 0.717) is 25.0 Å². The van der Waals surface area contributed by atoms with Gasteiger partial charge in [-0.05, 0) is 18.8 Å². The molecule has 0 radical (unpaired) electrons. The van der Waals surface area contributed by atoms with Crippen molar-refractivity contribution >= 4 is 40.0 Å². The molecule has 8 heteroatoms. The highest BCUT2D eigenvalue weighted by molar-refractivity contribution is 14.0. The molecule has 1 rings (SSSR count). The minimum atomic E-state index is -3.20. The Balaban J connectivity index is 0.00000484. The number of sulfonamides is 1. The monoisotopic (exact) mass is 460 g/mol. The van der Waals surface area contributed by atoms with Crippen LogP contribution in [0.5, 0.6) is 0 Å². The van der Waals surface area contributed by atoms with Crippen molar-refractivity contribution in [3.05, 3.63) is 0 Å². The number of hydrogen-bond donors (Lipinski definition) is 1. The second-order valence-corrected chi connectivity index (χ2v) is 8.56. The van der Waals surface area contributed by atoms with Crippen LogP contribution < -0.4 is 5.32 Å². The zero-order valence-electron chi connectivity index (χ0n) is 15.1. The second kappa shape index (κ2) is 10.0. The summed E-state index contributed by atoms with van der Waals surface area (Å²) in [6.45, 7) is 14.3. The Morgan fingerprint density at radius 2 is 1.87 bits per heavy atom. The summed E-state index contributed by atoms with van der Waals surface area (Å²) in [5.41, 5.74) is 0.295. The molecule has 0 unspecified atom stereocenters. The van der Waals surface area contributed by atoms with Crippen LogP contribution in [0.2, 0.25) is 0 Å². The molecule has 1 fully saturated rings. The summed E-state index contributed by atoms with van der Waals surface area (Å²) in [6, 6.07) is 0. The van der Waals surface area contributed by atoms with Gasteiger partial charge in [-0.15, -0.1) is 24.0 Å². The van der Waals surface area contributed by atoms with E-state index in [9.17, 15) is 8.42 Å². The van der Waals surface area contributed by atoms with Crippen molar-refractivity contribution in [2.45, 2.75) is 41.0 Å². The van der Waals surface area contributed by atoms with E-state index in [4.69, 9.17) is 0 Å². The van der Waals surface area contributed by atoms with Crippen molar-refractivity contribution < 1.29 is 8.42 Å². The summed E-state index contributed by atoms with van der Waals surface area (Å²) in [5, 5.41) is 3.27. The summed E-state index contributed by atoms with van der Waals surface area (Å²) >= 11 is 0. The van der Waals surface area contributed by atoms with Crippen LogP contribution in [0.25, 0.3) is 0 Å². The minimum Gasteiger partial charge on any atom is -0.357 e. The fourth-order valence-corrected chi connectivity index (χ4v) is 4.10. The highest BCUT2D eigenvalue weighted by Crippen LogP contribution is 2.28. The standard InChI is InChI=1S/C15H32N4O2S.HI/c1-6-16-14(18-11-9-15(4,5)13-18)17-10-12-22(20,21)19(7-2)8-3;/h6-13H2,1-5H3,(H,16,17);1H. The first-order valence-corrected chi connectivity index (χ1v) is 9.87. The lowest BCUT2D eigenvalue weighted by Crippen LogP contribution is -2.41. The molecule has 0 spiro atoms. The smallest absolute Gasteiger partial charge is 0.215 e. The van der Waals surface area contributed by atoms with Gasteiger partial charge in [-0.1, -0.05) is 27.7 Å².